The quantitative estimate of drug-likeness (QED) is 0.931. The summed E-state index contributed by atoms with van der Waals surface area (Å²) in [5.74, 6) is 0.128. The molecular weight excluding hydrogens is 256 g/mol. The van der Waals surface area contributed by atoms with Crippen molar-refractivity contribution in [3.05, 3.63) is 46.7 Å². The maximum atomic E-state index is 12.3. The van der Waals surface area contributed by atoms with E-state index in [4.69, 9.17) is 0 Å². The van der Waals surface area contributed by atoms with Crippen LogP contribution in [-0.4, -0.2) is 37.0 Å². The Morgan fingerprint density at radius 2 is 2.16 bits per heavy atom. The fourth-order valence-electron chi connectivity index (χ4n) is 2.27. The third-order valence-electron chi connectivity index (χ3n) is 3.54. The molecule has 1 N–H and O–H groups in total. The number of thiophene rings is 1. The Bertz CT molecular complexity index is 574. The fraction of sp³-hybridized carbons (Fsp3) is 0.267. The number of hydrogen-bond donors (Lipinski definition) is 1. The second kappa shape index (κ2) is 5.15. The topological polar surface area (TPSA) is 32.3 Å². The molecule has 19 heavy (non-hydrogen) atoms. The van der Waals surface area contributed by atoms with E-state index in [1.165, 1.54) is 5.56 Å². The van der Waals surface area contributed by atoms with Crippen molar-refractivity contribution < 1.29 is 4.79 Å². The number of carbonyl (C=O) groups is 1. The summed E-state index contributed by atoms with van der Waals surface area (Å²) < 4.78 is 0. The average Bonchev–Trinajstić information content (AvgIpc) is 2.91. The zero-order chi connectivity index (χ0) is 13.2. The molecule has 0 spiro atoms. The van der Waals surface area contributed by atoms with E-state index in [0.717, 1.165) is 24.2 Å². The van der Waals surface area contributed by atoms with Crippen LogP contribution in [0.2, 0.25) is 0 Å². The lowest BCUT2D eigenvalue weighted by Gasteiger charge is -2.39. The predicted molar refractivity (Wildman–Crippen MR) is 78.5 cm³/mol. The molecule has 4 heteroatoms. The predicted octanol–water partition coefficient (Wildman–Crippen LogP) is 2.46. The Hall–Kier alpha value is -1.65. The van der Waals surface area contributed by atoms with Crippen molar-refractivity contribution in [3.8, 4) is 11.1 Å². The zero-order valence-electron chi connectivity index (χ0n) is 10.8. The third kappa shape index (κ3) is 2.41. The molecule has 1 fully saturated rings. The molecule has 0 aliphatic carbocycles. The van der Waals surface area contributed by atoms with E-state index in [0.29, 0.717) is 6.04 Å². The van der Waals surface area contributed by atoms with Gasteiger partial charge in [0.1, 0.15) is 0 Å². The molecule has 0 atom stereocenters. The van der Waals surface area contributed by atoms with E-state index in [1.54, 1.807) is 11.3 Å². The minimum atomic E-state index is 0.128. The number of likely N-dealkylation sites (tertiary alicyclic amines) is 1. The lowest BCUT2D eigenvalue weighted by atomic mass is 10.0. The Morgan fingerprint density at radius 3 is 2.84 bits per heavy atom. The van der Waals surface area contributed by atoms with Gasteiger partial charge in [-0.25, -0.2) is 0 Å². The van der Waals surface area contributed by atoms with Gasteiger partial charge in [0.25, 0.3) is 5.91 Å². The first kappa shape index (κ1) is 12.4. The molecule has 0 unspecified atom stereocenters. The summed E-state index contributed by atoms with van der Waals surface area (Å²) in [6, 6.07) is 10.4. The largest absolute Gasteiger partial charge is 0.335 e. The van der Waals surface area contributed by atoms with E-state index in [-0.39, 0.29) is 5.91 Å². The highest BCUT2D eigenvalue weighted by molar-refractivity contribution is 7.08. The maximum absolute atomic E-state index is 12.3. The second-order valence-electron chi connectivity index (χ2n) is 4.79. The molecule has 1 amide bonds. The molecule has 1 aliphatic heterocycles. The molecule has 1 saturated heterocycles. The van der Waals surface area contributed by atoms with Gasteiger partial charge in [-0.2, -0.15) is 11.3 Å². The van der Waals surface area contributed by atoms with Gasteiger partial charge in [0.05, 0.1) is 0 Å². The number of nitrogens with zero attached hydrogens (tertiary/aromatic N) is 1. The number of rotatable bonds is 3. The monoisotopic (exact) mass is 272 g/mol. The highest BCUT2D eigenvalue weighted by Gasteiger charge is 2.29. The van der Waals surface area contributed by atoms with Crippen LogP contribution in [-0.2, 0) is 0 Å². The van der Waals surface area contributed by atoms with Crippen LogP contribution >= 0.6 is 11.3 Å². The molecule has 0 saturated carbocycles. The smallest absolute Gasteiger partial charge is 0.253 e. The molecule has 0 bridgehead atoms. The van der Waals surface area contributed by atoms with Crippen molar-refractivity contribution in [2.24, 2.45) is 0 Å². The van der Waals surface area contributed by atoms with Gasteiger partial charge < -0.3 is 10.2 Å². The molecule has 3 rings (SSSR count). The van der Waals surface area contributed by atoms with Crippen molar-refractivity contribution in [1.29, 1.82) is 0 Å². The van der Waals surface area contributed by atoms with Crippen molar-refractivity contribution in [1.82, 2.24) is 10.2 Å². The molecule has 1 aromatic heterocycles. The van der Waals surface area contributed by atoms with Crippen LogP contribution in [0.3, 0.4) is 0 Å². The summed E-state index contributed by atoms with van der Waals surface area (Å²) in [5, 5.41) is 7.33. The maximum Gasteiger partial charge on any atom is 0.253 e. The summed E-state index contributed by atoms with van der Waals surface area (Å²) in [6.45, 7) is 1.61. The van der Waals surface area contributed by atoms with Crippen LogP contribution in [0.25, 0.3) is 11.1 Å². The van der Waals surface area contributed by atoms with Gasteiger partial charge in [-0.05, 0) is 47.1 Å². The number of benzene rings is 1. The first-order valence-electron chi connectivity index (χ1n) is 6.37. The molecule has 98 valence electrons. The fourth-order valence-corrected chi connectivity index (χ4v) is 2.94. The number of likely N-dealkylation sites (N-methyl/N-ethyl adjacent to an activating group) is 1. The van der Waals surface area contributed by atoms with Crippen LogP contribution in [0.1, 0.15) is 10.4 Å². The first-order chi connectivity index (χ1) is 9.28. The summed E-state index contributed by atoms with van der Waals surface area (Å²) in [6.07, 6.45) is 0. The van der Waals surface area contributed by atoms with Crippen molar-refractivity contribution in [2.45, 2.75) is 6.04 Å². The number of nitrogens with one attached hydrogen (secondary N) is 1. The Labute approximate surface area is 116 Å². The van der Waals surface area contributed by atoms with E-state index in [9.17, 15) is 4.79 Å². The Kier molecular flexibility index (Phi) is 3.36. The molecule has 0 radical (unpaired) electrons. The van der Waals surface area contributed by atoms with E-state index in [1.807, 2.05) is 36.2 Å². The van der Waals surface area contributed by atoms with E-state index in [2.05, 4.69) is 22.1 Å². The van der Waals surface area contributed by atoms with E-state index < -0.39 is 0 Å². The van der Waals surface area contributed by atoms with Crippen LogP contribution in [0.5, 0.6) is 0 Å². The minimum Gasteiger partial charge on any atom is -0.335 e. The van der Waals surface area contributed by atoms with Gasteiger partial charge in [-0.1, -0.05) is 12.1 Å². The van der Waals surface area contributed by atoms with Gasteiger partial charge >= 0.3 is 0 Å². The first-order valence-corrected chi connectivity index (χ1v) is 7.31. The Balaban J connectivity index is 1.78. The molecule has 3 nitrogen and oxygen atoms in total. The van der Waals surface area contributed by atoms with Gasteiger partial charge in [0.15, 0.2) is 0 Å². The number of amides is 1. The SMILES string of the molecule is CNC1CN(C(=O)c2cccc(-c3ccsc3)c2)C1. The molecule has 2 aromatic rings. The van der Waals surface area contributed by atoms with Crippen molar-refractivity contribution in [3.63, 3.8) is 0 Å². The standard InChI is InChI=1S/C15H16N2OS/c1-16-14-8-17(9-14)15(18)12-4-2-3-11(7-12)13-5-6-19-10-13/h2-7,10,14,16H,8-9H2,1H3. The van der Waals surface area contributed by atoms with E-state index >= 15 is 0 Å². The molecule has 2 heterocycles. The van der Waals surface area contributed by atoms with Gasteiger partial charge in [0, 0.05) is 24.7 Å². The Morgan fingerprint density at radius 1 is 1.32 bits per heavy atom. The van der Waals surface area contributed by atoms with Crippen molar-refractivity contribution in [2.75, 3.05) is 20.1 Å². The average molecular weight is 272 g/mol. The normalized spacial score (nSPS) is 15.3. The van der Waals surface area contributed by atoms with Crippen LogP contribution in [0.4, 0.5) is 0 Å². The van der Waals surface area contributed by atoms with Gasteiger partial charge in [0.2, 0.25) is 0 Å². The summed E-state index contributed by atoms with van der Waals surface area (Å²) in [4.78, 5) is 14.2. The highest BCUT2D eigenvalue weighted by atomic mass is 32.1. The van der Waals surface area contributed by atoms with Crippen molar-refractivity contribution >= 4 is 17.2 Å². The van der Waals surface area contributed by atoms with Crippen LogP contribution in [0, 0.1) is 0 Å². The summed E-state index contributed by atoms with van der Waals surface area (Å²) in [5.41, 5.74) is 3.06. The van der Waals surface area contributed by atoms with Crippen LogP contribution < -0.4 is 5.32 Å². The second-order valence-corrected chi connectivity index (χ2v) is 5.57. The minimum absolute atomic E-state index is 0.128. The summed E-state index contributed by atoms with van der Waals surface area (Å²) >= 11 is 1.67. The molecular formula is C15H16N2OS. The lowest BCUT2D eigenvalue weighted by molar-refractivity contribution is 0.0577. The third-order valence-corrected chi connectivity index (χ3v) is 4.22. The molecule has 1 aliphatic rings. The summed E-state index contributed by atoms with van der Waals surface area (Å²) in [7, 11) is 1.93. The van der Waals surface area contributed by atoms with Gasteiger partial charge in [-0.15, -0.1) is 0 Å². The molecule has 1 aromatic carbocycles. The lowest BCUT2D eigenvalue weighted by Crippen LogP contribution is -2.58. The highest BCUT2D eigenvalue weighted by Crippen LogP contribution is 2.24. The number of carbonyl (C=O) groups excluding carboxylic acids is 1. The van der Waals surface area contributed by atoms with Gasteiger partial charge in [-0.3, -0.25) is 4.79 Å². The number of hydrogen-bond acceptors (Lipinski definition) is 3. The zero-order valence-corrected chi connectivity index (χ0v) is 11.6. The van der Waals surface area contributed by atoms with Crippen LogP contribution in [0.15, 0.2) is 41.1 Å².